The zero-order valence-electron chi connectivity index (χ0n) is 11.5. The second-order valence-corrected chi connectivity index (χ2v) is 5.19. The second kappa shape index (κ2) is 5.85. The molecule has 5 nitrogen and oxygen atoms in total. The number of nitrogens with two attached hydrogens (primary N) is 1. The van der Waals surface area contributed by atoms with Crippen LogP contribution in [0.25, 0.3) is 0 Å². The van der Waals surface area contributed by atoms with E-state index in [1.807, 2.05) is 0 Å². The Morgan fingerprint density at radius 1 is 1.35 bits per heavy atom. The van der Waals surface area contributed by atoms with Crippen molar-refractivity contribution >= 4 is 11.9 Å². The standard InChI is InChI=1S/C13H17F2N3O2/c1-13(2,3)20-12(19)18-6-8-9(14)4-7(11(16)17)5-10(8)15/h4-5H,6H2,1-3H3,(H3,16,17)(H,18,19). The van der Waals surface area contributed by atoms with E-state index in [1.165, 1.54) is 0 Å². The molecule has 1 amide bonds. The normalized spacial score (nSPS) is 11.1. The molecular formula is C13H17F2N3O2. The number of amides is 1. The maximum absolute atomic E-state index is 13.7. The lowest BCUT2D eigenvalue weighted by molar-refractivity contribution is 0.0522. The van der Waals surface area contributed by atoms with E-state index in [4.69, 9.17) is 15.9 Å². The summed E-state index contributed by atoms with van der Waals surface area (Å²) in [5, 5.41) is 9.38. The van der Waals surface area contributed by atoms with E-state index in [9.17, 15) is 13.6 Å². The maximum Gasteiger partial charge on any atom is 0.407 e. The van der Waals surface area contributed by atoms with Crippen LogP contribution in [0.15, 0.2) is 12.1 Å². The number of carbonyl (C=O) groups excluding carboxylic acids is 1. The van der Waals surface area contributed by atoms with Crippen LogP contribution in [-0.4, -0.2) is 17.5 Å². The van der Waals surface area contributed by atoms with Crippen LogP contribution in [0.1, 0.15) is 31.9 Å². The molecule has 0 aliphatic rings. The monoisotopic (exact) mass is 285 g/mol. The van der Waals surface area contributed by atoms with E-state index in [-0.39, 0.29) is 17.7 Å². The highest BCUT2D eigenvalue weighted by Gasteiger charge is 2.18. The molecule has 1 aromatic rings. The molecule has 0 heterocycles. The van der Waals surface area contributed by atoms with Gasteiger partial charge in [-0.15, -0.1) is 0 Å². The Bertz CT molecular complexity index is 516. The molecule has 0 radical (unpaired) electrons. The number of benzene rings is 1. The fraction of sp³-hybridized carbons (Fsp3) is 0.385. The highest BCUT2D eigenvalue weighted by atomic mass is 19.1. The lowest BCUT2D eigenvalue weighted by atomic mass is 10.1. The SMILES string of the molecule is CC(C)(C)OC(=O)NCc1c(F)cc(C(=N)N)cc1F. The van der Waals surface area contributed by atoms with Gasteiger partial charge >= 0.3 is 6.09 Å². The molecule has 1 rings (SSSR count). The van der Waals surface area contributed by atoms with Crippen LogP contribution >= 0.6 is 0 Å². The van der Waals surface area contributed by atoms with Crippen LogP contribution in [0, 0.1) is 17.0 Å². The predicted molar refractivity (Wildman–Crippen MR) is 70.4 cm³/mol. The molecule has 0 unspecified atom stereocenters. The summed E-state index contributed by atoms with van der Waals surface area (Å²) < 4.78 is 32.3. The molecule has 1 aromatic carbocycles. The van der Waals surface area contributed by atoms with Crippen LogP contribution in [-0.2, 0) is 11.3 Å². The third kappa shape index (κ3) is 4.49. The first-order valence-electron chi connectivity index (χ1n) is 5.89. The smallest absolute Gasteiger partial charge is 0.407 e. The van der Waals surface area contributed by atoms with Gasteiger partial charge < -0.3 is 15.8 Å². The van der Waals surface area contributed by atoms with Crippen molar-refractivity contribution in [3.63, 3.8) is 0 Å². The number of halogens is 2. The summed E-state index contributed by atoms with van der Waals surface area (Å²) in [5.41, 5.74) is 4.09. The van der Waals surface area contributed by atoms with Crippen molar-refractivity contribution in [2.24, 2.45) is 5.73 Å². The first-order chi connectivity index (χ1) is 9.10. The second-order valence-electron chi connectivity index (χ2n) is 5.19. The molecule has 0 spiro atoms. The molecule has 0 aliphatic heterocycles. The van der Waals surface area contributed by atoms with Gasteiger partial charge in [-0.2, -0.15) is 0 Å². The minimum Gasteiger partial charge on any atom is -0.444 e. The molecule has 0 saturated carbocycles. The van der Waals surface area contributed by atoms with Gasteiger partial charge in [0.25, 0.3) is 0 Å². The number of alkyl carbamates (subject to hydrolysis) is 1. The van der Waals surface area contributed by atoms with Crippen molar-refractivity contribution in [3.05, 3.63) is 34.9 Å². The molecule has 4 N–H and O–H groups in total. The summed E-state index contributed by atoms with van der Waals surface area (Å²) in [6, 6.07) is 1.88. The van der Waals surface area contributed by atoms with Crippen molar-refractivity contribution in [2.45, 2.75) is 32.9 Å². The molecule has 0 saturated heterocycles. The lowest BCUT2D eigenvalue weighted by Crippen LogP contribution is -2.32. The first-order valence-corrected chi connectivity index (χ1v) is 5.89. The van der Waals surface area contributed by atoms with Crippen molar-refractivity contribution in [2.75, 3.05) is 0 Å². The van der Waals surface area contributed by atoms with E-state index >= 15 is 0 Å². The molecule has 110 valence electrons. The number of rotatable bonds is 3. The predicted octanol–water partition coefficient (Wildman–Crippen LogP) is 2.27. The molecule has 20 heavy (non-hydrogen) atoms. The first kappa shape index (κ1) is 15.9. The third-order valence-corrected chi connectivity index (χ3v) is 2.26. The summed E-state index contributed by atoms with van der Waals surface area (Å²) in [6.07, 6.45) is -0.771. The minimum atomic E-state index is -0.883. The summed E-state index contributed by atoms with van der Waals surface area (Å²) in [7, 11) is 0. The van der Waals surface area contributed by atoms with Gasteiger partial charge in [-0.05, 0) is 32.9 Å². The Balaban J connectivity index is 2.79. The van der Waals surface area contributed by atoms with Gasteiger partial charge in [0.15, 0.2) is 0 Å². The van der Waals surface area contributed by atoms with Gasteiger partial charge in [-0.1, -0.05) is 0 Å². The Hall–Kier alpha value is -2.18. The van der Waals surface area contributed by atoms with Crippen molar-refractivity contribution in [1.82, 2.24) is 5.32 Å². The average molecular weight is 285 g/mol. The average Bonchev–Trinajstić information content (AvgIpc) is 2.24. The minimum absolute atomic E-state index is 0.0546. The van der Waals surface area contributed by atoms with Crippen LogP contribution in [0.5, 0.6) is 0 Å². The fourth-order valence-corrected chi connectivity index (χ4v) is 1.40. The molecule has 0 aromatic heterocycles. The Morgan fingerprint density at radius 2 is 1.85 bits per heavy atom. The number of ether oxygens (including phenoxy) is 1. The van der Waals surface area contributed by atoms with E-state index in [2.05, 4.69) is 5.32 Å². The van der Waals surface area contributed by atoms with Crippen molar-refractivity contribution < 1.29 is 18.3 Å². The number of hydrogen-bond donors (Lipinski definition) is 3. The number of carbonyl (C=O) groups is 1. The maximum atomic E-state index is 13.7. The number of hydrogen-bond acceptors (Lipinski definition) is 3. The van der Waals surface area contributed by atoms with E-state index in [0.29, 0.717) is 0 Å². The Labute approximate surface area is 115 Å². The summed E-state index contributed by atoms with van der Waals surface area (Å²) >= 11 is 0. The topological polar surface area (TPSA) is 88.2 Å². The van der Waals surface area contributed by atoms with Crippen molar-refractivity contribution in [3.8, 4) is 0 Å². The van der Waals surface area contributed by atoms with Gasteiger partial charge in [0.1, 0.15) is 23.1 Å². The quantitative estimate of drug-likeness (QED) is 0.588. The van der Waals surface area contributed by atoms with Crippen LogP contribution in [0.2, 0.25) is 0 Å². The molecular weight excluding hydrogens is 268 g/mol. The third-order valence-electron chi connectivity index (χ3n) is 2.26. The van der Waals surface area contributed by atoms with Gasteiger partial charge in [-0.3, -0.25) is 5.41 Å². The molecule has 7 heteroatoms. The fourth-order valence-electron chi connectivity index (χ4n) is 1.40. The summed E-state index contributed by atoms with van der Waals surface area (Å²) in [4.78, 5) is 11.4. The lowest BCUT2D eigenvalue weighted by Gasteiger charge is -2.19. The van der Waals surface area contributed by atoms with Crippen LogP contribution in [0.4, 0.5) is 13.6 Å². The Kier molecular flexibility index (Phi) is 4.65. The number of amidine groups is 1. The molecule has 0 fully saturated rings. The van der Waals surface area contributed by atoms with Gasteiger partial charge in [0, 0.05) is 11.1 Å². The van der Waals surface area contributed by atoms with Crippen LogP contribution < -0.4 is 11.1 Å². The van der Waals surface area contributed by atoms with E-state index in [0.717, 1.165) is 12.1 Å². The Morgan fingerprint density at radius 3 is 2.25 bits per heavy atom. The molecule has 0 atom stereocenters. The zero-order chi connectivity index (χ0) is 15.5. The summed E-state index contributed by atoms with van der Waals surface area (Å²) in [5.74, 6) is -2.20. The highest BCUT2D eigenvalue weighted by molar-refractivity contribution is 5.95. The largest absolute Gasteiger partial charge is 0.444 e. The number of nitrogen functional groups attached to an aromatic ring is 1. The summed E-state index contributed by atoms with van der Waals surface area (Å²) in [6.45, 7) is 4.67. The van der Waals surface area contributed by atoms with Gasteiger partial charge in [0.05, 0.1) is 6.54 Å². The van der Waals surface area contributed by atoms with E-state index < -0.39 is 29.2 Å². The van der Waals surface area contributed by atoms with Crippen molar-refractivity contribution in [1.29, 1.82) is 5.41 Å². The van der Waals surface area contributed by atoms with Gasteiger partial charge in [0.2, 0.25) is 0 Å². The molecule has 0 bridgehead atoms. The highest BCUT2D eigenvalue weighted by Crippen LogP contribution is 2.15. The van der Waals surface area contributed by atoms with Crippen LogP contribution in [0.3, 0.4) is 0 Å². The van der Waals surface area contributed by atoms with E-state index in [1.54, 1.807) is 20.8 Å². The number of nitrogens with one attached hydrogen (secondary N) is 2. The van der Waals surface area contributed by atoms with Gasteiger partial charge in [-0.25, -0.2) is 13.6 Å². The zero-order valence-corrected chi connectivity index (χ0v) is 11.5. The molecule has 0 aliphatic carbocycles.